The first kappa shape index (κ1) is 18.5. The van der Waals surface area contributed by atoms with Crippen molar-refractivity contribution in [2.75, 3.05) is 26.7 Å². The lowest BCUT2D eigenvalue weighted by Crippen LogP contribution is -2.57. The molecule has 140 valence electrons. The van der Waals surface area contributed by atoms with Crippen molar-refractivity contribution >= 4 is 35.0 Å². The predicted molar refractivity (Wildman–Crippen MR) is 97.1 cm³/mol. The summed E-state index contributed by atoms with van der Waals surface area (Å²) in [5, 5.41) is 14.6. The lowest BCUT2D eigenvalue weighted by Gasteiger charge is -2.44. The van der Waals surface area contributed by atoms with Gasteiger partial charge in [0.25, 0.3) is 11.6 Å². The van der Waals surface area contributed by atoms with Crippen molar-refractivity contribution in [3.63, 3.8) is 0 Å². The second-order valence-corrected chi connectivity index (χ2v) is 6.65. The minimum atomic E-state index is -0.498. The Balaban J connectivity index is 0.00000196. The van der Waals surface area contributed by atoms with Crippen LogP contribution in [0, 0.1) is 16.0 Å². The fraction of sp³-hybridized carbons (Fsp3) is 0.471. The van der Waals surface area contributed by atoms with Gasteiger partial charge in [0.05, 0.1) is 18.1 Å². The summed E-state index contributed by atoms with van der Waals surface area (Å²) in [5.41, 5.74) is 0.238. The maximum Gasteiger partial charge on any atom is 0.287 e. The summed E-state index contributed by atoms with van der Waals surface area (Å²) < 4.78 is 10.8. The third kappa shape index (κ3) is 3.22. The summed E-state index contributed by atoms with van der Waals surface area (Å²) in [6.07, 6.45) is 2.20. The van der Waals surface area contributed by atoms with Gasteiger partial charge >= 0.3 is 0 Å². The van der Waals surface area contributed by atoms with Crippen molar-refractivity contribution in [3.05, 3.63) is 34.1 Å². The number of piperidine rings is 3. The Kier molecular flexibility index (Phi) is 5.06. The number of benzene rings is 1. The van der Waals surface area contributed by atoms with Gasteiger partial charge < -0.3 is 19.4 Å². The number of rotatable bonds is 4. The maximum atomic E-state index is 12.6. The number of halogens is 1. The Hall–Kier alpha value is -2.32. The van der Waals surface area contributed by atoms with Gasteiger partial charge in [-0.15, -0.1) is 12.4 Å². The molecule has 5 rings (SSSR count). The van der Waals surface area contributed by atoms with E-state index in [0.29, 0.717) is 16.9 Å². The third-order valence-corrected chi connectivity index (χ3v) is 5.19. The van der Waals surface area contributed by atoms with Crippen LogP contribution < -0.4 is 10.1 Å². The molecule has 4 heterocycles. The van der Waals surface area contributed by atoms with Gasteiger partial charge in [0.2, 0.25) is 0 Å². The van der Waals surface area contributed by atoms with Crippen LogP contribution in [0.3, 0.4) is 0 Å². The minimum Gasteiger partial charge on any atom is -0.493 e. The van der Waals surface area contributed by atoms with E-state index in [-0.39, 0.29) is 41.6 Å². The van der Waals surface area contributed by atoms with E-state index < -0.39 is 4.92 Å². The molecule has 8 nitrogen and oxygen atoms in total. The number of nitrogens with zero attached hydrogens (tertiary/aromatic N) is 2. The molecule has 0 saturated carbocycles. The van der Waals surface area contributed by atoms with Crippen LogP contribution in [-0.2, 0) is 0 Å². The molecule has 0 aliphatic carbocycles. The van der Waals surface area contributed by atoms with E-state index in [1.807, 2.05) is 0 Å². The average Bonchev–Trinajstić information content (AvgIpc) is 3.06. The van der Waals surface area contributed by atoms with Gasteiger partial charge in [0.15, 0.2) is 17.1 Å². The van der Waals surface area contributed by atoms with E-state index in [4.69, 9.17) is 9.15 Å². The molecule has 3 saturated heterocycles. The lowest BCUT2D eigenvalue weighted by molar-refractivity contribution is -0.384. The van der Waals surface area contributed by atoms with Crippen molar-refractivity contribution in [1.29, 1.82) is 0 Å². The number of non-ortho nitro benzene ring substituents is 1. The van der Waals surface area contributed by atoms with Crippen molar-refractivity contribution in [1.82, 2.24) is 10.2 Å². The molecule has 0 radical (unpaired) electrons. The zero-order valence-electron chi connectivity index (χ0n) is 14.3. The number of nitrogens with one attached hydrogen (secondary N) is 1. The Bertz CT molecular complexity index is 844. The first-order chi connectivity index (χ1) is 12.0. The summed E-state index contributed by atoms with van der Waals surface area (Å²) in [7, 11) is 1.41. The van der Waals surface area contributed by atoms with Crippen LogP contribution >= 0.6 is 12.4 Å². The quantitative estimate of drug-likeness (QED) is 0.645. The number of amides is 1. The van der Waals surface area contributed by atoms with Crippen LogP contribution in [0.15, 0.2) is 22.6 Å². The van der Waals surface area contributed by atoms with Crippen molar-refractivity contribution in [2.24, 2.45) is 5.92 Å². The van der Waals surface area contributed by atoms with Crippen LogP contribution in [0.25, 0.3) is 11.0 Å². The summed E-state index contributed by atoms with van der Waals surface area (Å²) >= 11 is 0. The highest BCUT2D eigenvalue weighted by molar-refractivity contribution is 5.98. The van der Waals surface area contributed by atoms with Crippen molar-refractivity contribution < 1.29 is 18.9 Å². The molecule has 26 heavy (non-hydrogen) atoms. The largest absolute Gasteiger partial charge is 0.493 e. The number of furan rings is 1. The summed E-state index contributed by atoms with van der Waals surface area (Å²) in [4.78, 5) is 25.5. The van der Waals surface area contributed by atoms with Crippen LogP contribution in [0.5, 0.6) is 5.75 Å². The summed E-state index contributed by atoms with van der Waals surface area (Å²) in [6.45, 7) is 3.07. The molecule has 1 N–H and O–H groups in total. The number of hydrogen-bond acceptors (Lipinski definition) is 6. The Morgan fingerprint density at radius 2 is 2.08 bits per heavy atom. The topological polar surface area (TPSA) is 97.8 Å². The van der Waals surface area contributed by atoms with E-state index in [2.05, 4.69) is 10.2 Å². The van der Waals surface area contributed by atoms with Crippen molar-refractivity contribution in [3.8, 4) is 5.75 Å². The number of carbonyl (C=O) groups excluding carboxylic acids is 1. The molecule has 0 spiro atoms. The number of hydrogen-bond donors (Lipinski definition) is 1. The molecule has 3 fully saturated rings. The molecular formula is C17H20ClN3O5. The Labute approximate surface area is 156 Å². The van der Waals surface area contributed by atoms with E-state index in [1.165, 1.54) is 25.3 Å². The average molecular weight is 382 g/mol. The van der Waals surface area contributed by atoms with Crippen LogP contribution in [0.2, 0.25) is 0 Å². The van der Waals surface area contributed by atoms with Crippen molar-refractivity contribution in [2.45, 2.75) is 18.9 Å². The van der Waals surface area contributed by atoms with Gasteiger partial charge in [-0.1, -0.05) is 0 Å². The van der Waals surface area contributed by atoms with E-state index in [0.717, 1.165) is 32.5 Å². The number of fused-ring (bicyclic) bond motifs is 4. The van der Waals surface area contributed by atoms with Crippen LogP contribution in [0.1, 0.15) is 23.4 Å². The molecule has 1 aromatic carbocycles. The minimum absolute atomic E-state index is 0. The second-order valence-electron chi connectivity index (χ2n) is 6.65. The monoisotopic (exact) mass is 381 g/mol. The number of nitro benzene ring substituents is 1. The highest BCUT2D eigenvalue weighted by Crippen LogP contribution is 2.34. The van der Waals surface area contributed by atoms with Gasteiger partial charge in [0, 0.05) is 24.0 Å². The molecule has 3 aliphatic rings. The lowest BCUT2D eigenvalue weighted by atomic mass is 9.84. The molecule has 2 bridgehead atoms. The highest BCUT2D eigenvalue weighted by Gasteiger charge is 2.35. The standard InChI is InChI=1S/C17H19N3O5.ClH/c1-24-14-8-12(20(22)23)6-11-7-15(25-16(11)14)17(21)18-13-9-19-4-2-10(13)3-5-19;/h6-8,10,13H,2-5,9H2,1H3,(H,18,21);1H/t13-;/m1./s1. The molecular weight excluding hydrogens is 362 g/mol. The Morgan fingerprint density at radius 1 is 1.35 bits per heavy atom. The molecule has 0 unspecified atom stereocenters. The zero-order valence-corrected chi connectivity index (χ0v) is 15.1. The second kappa shape index (κ2) is 7.13. The van der Waals surface area contributed by atoms with E-state index in [1.54, 1.807) is 0 Å². The first-order valence-electron chi connectivity index (χ1n) is 8.34. The fourth-order valence-corrected chi connectivity index (χ4v) is 3.84. The van der Waals surface area contributed by atoms with Gasteiger partial charge in [-0.3, -0.25) is 14.9 Å². The zero-order chi connectivity index (χ0) is 17.6. The molecule has 9 heteroatoms. The predicted octanol–water partition coefficient (Wildman–Crippen LogP) is 2.60. The van der Waals surface area contributed by atoms with Crippen LogP contribution in [0.4, 0.5) is 5.69 Å². The SMILES string of the molecule is COc1cc([N+](=O)[O-])cc2cc(C(=O)N[C@@H]3CN4CCC3CC4)oc12.Cl. The van der Waals surface area contributed by atoms with E-state index in [9.17, 15) is 14.9 Å². The van der Waals surface area contributed by atoms with Gasteiger partial charge in [-0.25, -0.2) is 0 Å². The number of carbonyl (C=O) groups is 1. The number of methoxy groups -OCH3 is 1. The third-order valence-electron chi connectivity index (χ3n) is 5.19. The molecule has 1 aromatic heterocycles. The number of ether oxygens (including phenoxy) is 1. The van der Waals surface area contributed by atoms with Gasteiger partial charge in [-0.2, -0.15) is 0 Å². The summed E-state index contributed by atoms with van der Waals surface area (Å²) in [5.74, 6) is 0.602. The smallest absolute Gasteiger partial charge is 0.287 e. The number of nitro groups is 1. The molecule has 1 atom stereocenters. The normalized spacial score (nSPS) is 24.1. The van der Waals surface area contributed by atoms with Crippen LogP contribution in [-0.4, -0.2) is 48.5 Å². The summed E-state index contributed by atoms with van der Waals surface area (Å²) in [6, 6.07) is 4.33. The van der Waals surface area contributed by atoms with E-state index >= 15 is 0 Å². The maximum absolute atomic E-state index is 12.6. The molecule has 1 amide bonds. The highest BCUT2D eigenvalue weighted by atomic mass is 35.5. The van der Waals surface area contributed by atoms with Gasteiger partial charge in [0.1, 0.15) is 0 Å². The first-order valence-corrected chi connectivity index (χ1v) is 8.34. The fourth-order valence-electron chi connectivity index (χ4n) is 3.84. The Morgan fingerprint density at radius 3 is 2.65 bits per heavy atom. The molecule has 2 aromatic rings. The van der Waals surface area contributed by atoms with Gasteiger partial charge in [-0.05, 0) is 37.9 Å². The molecule has 3 aliphatic heterocycles.